The van der Waals surface area contributed by atoms with Gasteiger partial charge in [0, 0.05) is 31.8 Å². The normalized spacial score (nSPS) is 29.9. The average Bonchev–Trinajstić information content (AvgIpc) is 3.17. The van der Waals surface area contributed by atoms with E-state index < -0.39 is 28.8 Å². The van der Waals surface area contributed by atoms with E-state index in [0.29, 0.717) is 23.4 Å². The third kappa shape index (κ3) is 4.81. The Bertz CT molecular complexity index is 1050. The Labute approximate surface area is 202 Å². The third-order valence-corrected chi connectivity index (χ3v) is 7.77. The Morgan fingerprint density at radius 2 is 1.77 bits per heavy atom. The van der Waals surface area contributed by atoms with Gasteiger partial charge in [-0.1, -0.05) is 6.08 Å². The van der Waals surface area contributed by atoms with Crippen molar-refractivity contribution in [3.63, 3.8) is 0 Å². The second kappa shape index (κ2) is 8.67. The Morgan fingerprint density at radius 1 is 1.14 bits per heavy atom. The maximum Gasteiger partial charge on any atom is 0.434 e. The molecule has 1 aromatic heterocycles. The molecule has 3 N–H and O–H groups in total. The first-order valence-electron chi connectivity index (χ1n) is 11.9. The number of halogens is 3. The van der Waals surface area contributed by atoms with E-state index in [1.165, 1.54) is 20.0 Å². The number of nitrogens with one attached hydrogen (secondary N) is 3. The summed E-state index contributed by atoms with van der Waals surface area (Å²) in [5, 5.41) is 12.2. The highest BCUT2D eigenvalue weighted by atomic mass is 19.4. The topological polar surface area (TPSA) is 105 Å². The van der Waals surface area contributed by atoms with Crippen LogP contribution >= 0.6 is 0 Å². The Kier molecular flexibility index (Phi) is 6.25. The minimum absolute atomic E-state index is 0.0811. The molecular formula is C24H32F3N5O3. The van der Waals surface area contributed by atoms with Crippen molar-refractivity contribution in [3.8, 4) is 0 Å². The van der Waals surface area contributed by atoms with E-state index in [1.54, 1.807) is 13.8 Å². The molecule has 1 heterocycles. The van der Waals surface area contributed by atoms with E-state index in [2.05, 4.69) is 21.0 Å². The number of carbonyl (C=O) groups is 3. The van der Waals surface area contributed by atoms with Crippen LogP contribution in [0.5, 0.6) is 0 Å². The first-order chi connectivity index (χ1) is 16.2. The van der Waals surface area contributed by atoms with Gasteiger partial charge in [-0.25, -0.2) is 4.68 Å². The van der Waals surface area contributed by atoms with Crippen molar-refractivity contribution < 1.29 is 27.6 Å². The van der Waals surface area contributed by atoms with Gasteiger partial charge in [-0.15, -0.1) is 0 Å². The fourth-order valence-corrected chi connectivity index (χ4v) is 6.59. The number of hydrogen-bond donors (Lipinski definition) is 3. The molecule has 0 saturated heterocycles. The number of rotatable bonds is 6. The van der Waals surface area contributed by atoms with Gasteiger partial charge < -0.3 is 16.0 Å². The van der Waals surface area contributed by atoms with Gasteiger partial charge >= 0.3 is 6.18 Å². The molecule has 192 valence electrons. The van der Waals surface area contributed by atoms with Gasteiger partial charge in [0.15, 0.2) is 5.69 Å². The van der Waals surface area contributed by atoms with E-state index in [-0.39, 0.29) is 35.2 Å². The molecular weight excluding hydrogens is 463 g/mol. The van der Waals surface area contributed by atoms with Gasteiger partial charge in [0.25, 0.3) is 5.91 Å². The van der Waals surface area contributed by atoms with E-state index in [1.807, 2.05) is 0 Å². The van der Waals surface area contributed by atoms with Crippen molar-refractivity contribution in [2.24, 2.45) is 23.2 Å². The van der Waals surface area contributed by atoms with E-state index in [4.69, 9.17) is 0 Å². The van der Waals surface area contributed by atoms with Crippen molar-refractivity contribution in [3.05, 3.63) is 23.5 Å². The van der Waals surface area contributed by atoms with Gasteiger partial charge in [-0.05, 0) is 63.7 Å². The molecule has 2 atom stereocenters. The predicted octanol–water partition coefficient (Wildman–Crippen LogP) is 2.96. The van der Waals surface area contributed by atoms with Crippen LogP contribution in [0.25, 0.3) is 6.20 Å². The number of alkyl halides is 3. The molecule has 0 radical (unpaired) electrons. The van der Waals surface area contributed by atoms with E-state index in [0.717, 1.165) is 31.7 Å². The molecule has 1 aromatic rings. The van der Waals surface area contributed by atoms with Crippen molar-refractivity contribution in [2.75, 3.05) is 7.05 Å². The summed E-state index contributed by atoms with van der Waals surface area (Å²) in [6.45, 7) is 4.62. The zero-order valence-corrected chi connectivity index (χ0v) is 20.3. The van der Waals surface area contributed by atoms with Crippen molar-refractivity contribution in [1.29, 1.82) is 0 Å². The molecule has 0 aromatic carbocycles. The second-order valence-electron chi connectivity index (χ2n) is 10.9. The van der Waals surface area contributed by atoms with Crippen LogP contribution in [0.3, 0.4) is 0 Å². The molecule has 4 fully saturated rings. The molecule has 4 aliphatic carbocycles. The lowest BCUT2D eigenvalue weighted by atomic mass is 9.51. The molecule has 0 aliphatic heterocycles. The minimum atomic E-state index is -4.83. The highest BCUT2D eigenvalue weighted by molar-refractivity contribution is 5.95. The van der Waals surface area contributed by atoms with Gasteiger partial charge in [0.05, 0.1) is 17.2 Å². The smallest absolute Gasteiger partial charge is 0.358 e. The van der Waals surface area contributed by atoms with Gasteiger partial charge in [0.1, 0.15) is 0 Å². The van der Waals surface area contributed by atoms with Crippen molar-refractivity contribution >= 4 is 23.9 Å². The Balaban J connectivity index is 1.56. The van der Waals surface area contributed by atoms with Crippen LogP contribution in [0.15, 0.2) is 12.3 Å². The third-order valence-electron chi connectivity index (χ3n) is 7.77. The minimum Gasteiger partial charge on any atom is -0.358 e. The summed E-state index contributed by atoms with van der Waals surface area (Å²) in [4.78, 5) is 36.8. The number of hydrogen-bond acceptors (Lipinski definition) is 4. The second-order valence-corrected chi connectivity index (χ2v) is 10.9. The molecule has 4 saturated carbocycles. The largest absolute Gasteiger partial charge is 0.434 e. The SMILES string of the molecule is CNC(=O)C(C)(C)C=Cn1ncc(C(=O)NC2C3CC4CC2CC(NC(C)=O)(C4)C3)c1C(F)(F)F. The number of aromatic nitrogens is 2. The maximum atomic E-state index is 14.0. The molecule has 8 nitrogen and oxygen atoms in total. The molecule has 5 rings (SSSR count). The number of nitrogens with zero attached hydrogens (tertiary/aromatic N) is 2. The lowest BCUT2D eigenvalue weighted by Crippen LogP contribution is -2.66. The fraction of sp³-hybridized carbons (Fsp3) is 0.667. The Morgan fingerprint density at radius 3 is 2.31 bits per heavy atom. The predicted molar refractivity (Wildman–Crippen MR) is 122 cm³/mol. The van der Waals surface area contributed by atoms with Crippen LogP contribution < -0.4 is 16.0 Å². The summed E-state index contributed by atoms with van der Waals surface area (Å²) in [5.74, 6) is -0.596. The highest BCUT2D eigenvalue weighted by Gasteiger charge is 2.56. The monoisotopic (exact) mass is 495 g/mol. The van der Waals surface area contributed by atoms with Crippen LogP contribution in [0, 0.1) is 23.2 Å². The first kappa shape index (κ1) is 25.2. The molecule has 2 unspecified atom stereocenters. The summed E-state index contributed by atoms with van der Waals surface area (Å²) >= 11 is 0. The van der Waals surface area contributed by atoms with Crippen LogP contribution in [0.1, 0.15) is 68.9 Å². The van der Waals surface area contributed by atoms with Crippen LogP contribution in [-0.4, -0.2) is 46.1 Å². The van der Waals surface area contributed by atoms with Gasteiger partial charge in [0.2, 0.25) is 11.8 Å². The van der Waals surface area contributed by atoms with Crippen LogP contribution in [0.4, 0.5) is 13.2 Å². The average molecular weight is 496 g/mol. The number of carbonyl (C=O) groups excluding carboxylic acids is 3. The fourth-order valence-electron chi connectivity index (χ4n) is 6.59. The molecule has 3 amide bonds. The molecule has 35 heavy (non-hydrogen) atoms. The zero-order valence-electron chi connectivity index (χ0n) is 20.3. The van der Waals surface area contributed by atoms with Crippen molar-refractivity contribution in [2.45, 2.75) is 70.6 Å². The van der Waals surface area contributed by atoms with E-state index >= 15 is 0 Å². The van der Waals surface area contributed by atoms with Crippen LogP contribution in [0.2, 0.25) is 0 Å². The lowest BCUT2D eigenvalue weighted by Gasteiger charge is -2.60. The first-order valence-corrected chi connectivity index (χ1v) is 11.9. The summed E-state index contributed by atoms with van der Waals surface area (Å²) in [5.41, 5.74) is -3.08. The maximum absolute atomic E-state index is 14.0. The van der Waals surface area contributed by atoms with Crippen molar-refractivity contribution in [1.82, 2.24) is 25.7 Å². The van der Waals surface area contributed by atoms with E-state index in [9.17, 15) is 27.6 Å². The zero-order chi connectivity index (χ0) is 25.8. The summed E-state index contributed by atoms with van der Waals surface area (Å²) < 4.78 is 42.6. The summed E-state index contributed by atoms with van der Waals surface area (Å²) in [6, 6.07) is -0.243. The Hall–Kier alpha value is -2.85. The van der Waals surface area contributed by atoms with Gasteiger partial charge in [-0.3, -0.25) is 14.4 Å². The highest BCUT2D eigenvalue weighted by Crippen LogP contribution is 2.55. The van der Waals surface area contributed by atoms with Crippen LogP contribution in [-0.2, 0) is 15.8 Å². The van der Waals surface area contributed by atoms with Gasteiger partial charge in [-0.2, -0.15) is 18.3 Å². The lowest BCUT2D eigenvalue weighted by molar-refractivity contribution is -0.142. The standard InChI is InChI=1S/C24H32F3N5O3/c1-13(33)31-23-9-14-7-15(10-23)18(16(8-14)11-23)30-20(34)17-12-29-32(19(17)24(25,26)27)6-5-22(2,3)21(35)28-4/h5-6,12,14-16,18H,7-11H2,1-4H3,(H,28,35)(H,30,34)(H,31,33). The molecule has 0 spiro atoms. The molecule has 4 bridgehead atoms. The quantitative estimate of drug-likeness (QED) is 0.564. The number of amides is 3. The molecule has 4 aliphatic rings. The summed E-state index contributed by atoms with van der Waals surface area (Å²) in [7, 11) is 1.44. The summed E-state index contributed by atoms with van der Waals surface area (Å²) in [6.07, 6.45) is 2.61. The molecule has 11 heteroatoms.